The molecule has 3 N–H and O–H groups in total. The first-order valence-corrected chi connectivity index (χ1v) is 6.36. The average Bonchev–Trinajstić information content (AvgIpc) is 2.27. The number of urea groups is 1. The van der Waals surface area contributed by atoms with Crippen LogP contribution in [-0.4, -0.2) is 18.1 Å². The van der Waals surface area contributed by atoms with E-state index in [4.69, 9.17) is 0 Å². The molecule has 0 fully saturated rings. The molecule has 1 aliphatic rings. The molecule has 0 aliphatic carbocycles. The molecule has 0 unspecified atom stereocenters. The third-order valence-corrected chi connectivity index (χ3v) is 2.88. The maximum Gasteiger partial charge on any atom is 0.319 e. The molecule has 2 rings (SSSR count). The van der Waals surface area contributed by atoms with E-state index in [9.17, 15) is 4.79 Å². The van der Waals surface area contributed by atoms with E-state index in [1.165, 1.54) is 11.1 Å². The Labute approximate surface area is 108 Å². The molecule has 1 aromatic carbocycles. The highest BCUT2D eigenvalue weighted by Crippen LogP contribution is 2.22. The second kappa shape index (κ2) is 4.98. The number of hydrogen-bond donors (Lipinski definition) is 3. The molecule has 18 heavy (non-hydrogen) atoms. The van der Waals surface area contributed by atoms with E-state index in [0.29, 0.717) is 0 Å². The van der Waals surface area contributed by atoms with Crippen molar-refractivity contribution in [1.82, 2.24) is 10.6 Å². The van der Waals surface area contributed by atoms with Gasteiger partial charge in [0.15, 0.2) is 0 Å². The number of amides is 2. The zero-order chi connectivity index (χ0) is 13.2. The number of benzene rings is 1. The molecule has 0 spiro atoms. The van der Waals surface area contributed by atoms with Gasteiger partial charge in [-0.05, 0) is 50.9 Å². The van der Waals surface area contributed by atoms with Crippen LogP contribution in [-0.2, 0) is 13.0 Å². The molecule has 1 aliphatic heterocycles. The molecule has 1 heterocycles. The average molecular weight is 247 g/mol. The number of hydrogen-bond acceptors (Lipinski definition) is 2. The van der Waals surface area contributed by atoms with Crippen LogP contribution in [0.2, 0.25) is 0 Å². The highest BCUT2D eigenvalue weighted by atomic mass is 16.2. The minimum Gasteiger partial charge on any atom is -0.333 e. The third kappa shape index (κ3) is 3.23. The fraction of sp³-hybridized carbons (Fsp3) is 0.500. The van der Waals surface area contributed by atoms with Crippen LogP contribution >= 0.6 is 0 Å². The van der Waals surface area contributed by atoms with Gasteiger partial charge in [-0.2, -0.15) is 0 Å². The SMILES string of the molecule is CC(C)(C)NC(=O)Nc1cccc2c1CNCC2. The summed E-state index contributed by atoms with van der Waals surface area (Å²) in [5, 5.41) is 9.17. The molecule has 0 saturated carbocycles. The molecule has 1 aromatic rings. The van der Waals surface area contributed by atoms with Gasteiger partial charge >= 0.3 is 6.03 Å². The number of fused-ring (bicyclic) bond motifs is 1. The first-order chi connectivity index (χ1) is 8.46. The Balaban J connectivity index is 2.12. The van der Waals surface area contributed by atoms with Crippen LogP contribution < -0.4 is 16.0 Å². The van der Waals surface area contributed by atoms with Crippen molar-refractivity contribution in [3.05, 3.63) is 29.3 Å². The van der Waals surface area contributed by atoms with Crippen LogP contribution in [0.15, 0.2) is 18.2 Å². The molecular formula is C14H21N3O. The van der Waals surface area contributed by atoms with Crippen LogP contribution in [0.25, 0.3) is 0 Å². The standard InChI is InChI=1S/C14H21N3O/c1-14(2,3)17-13(18)16-12-6-4-5-10-7-8-15-9-11(10)12/h4-6,15H,7-9H2,1-3H3,(H2,16,17,18). The number of carbonyl (C=O) groups is 1. The zero-order valence-electron chi connectivity index (χ0n) is 11.3. The maximum atomic E-state index is 11.9. The summed E-state index contributed by atoms with van der Waals surface area (Å²) in [6, 6.07) is 5.93. The Kier molecular flexibility index (Phi) is 3.57. The Hall–Kier alpha value is -1.55. The van der Waals surface area contributed by atoms with Gasteiger partial charge in [0.1, 0.15) is 0 Å². The Morgan fingerprint density at radius 2 is 2.11 bits per heavy atom. The molecule has 98 valence electrons. The Bertz CT molecular complexity index is 449. The summed E-state index contributed by atoms with van der Waals surface area (Å²) in [5.74, 6) is 0. The molecule has 0 aromatic heterocycles. The van der Waals surface area contributed by atoms with Crippen molar-refractivity contribution in [1.29, 1.82) is 0 Å². The molecule has 0 atom stereocenters. The van der Waals surface area contributed by atoms with Crippen molar-refractivity contribution in [2.24, 2.45) is 0 Å². The Morgan fingerprint density at radius 3 is 2.83 bits per heavy atom. The maximum absolute atomic E-state index is 11.9. The van der Waals surface area contributed by atoms with Crippen molar-refractivity contribution < 1.29 is 4.79 Å². The lowest BCUT2D eigenvalue weighted by molar-refractivity contribution is 0.244. The van der Waals surface area contributed by atoms with E-state index in [1.807, 2.05) is 32.9 Å². The van der Waals surface area contributed by atoms with Crippen LogP contribution in [0.3, 0.4) is 0 Å². The molecular weight excluding hydrogens is 226 g/mol. The molecule has 4 nitrogen and oxygen atoms in total. The predicted octanol–water partition coefficient (Wildman–Crippen LogP) is 2.25. The summed E-state index contributed by atoms with van der Waals surface area (Å²) in [7, 11) is 0. The van der Waals surface area contributed by atoms with Crippen LogP contribution in [0, 0.1) is 0 Å². The molecule has 2 amide bonds. The smallest absolute Gasteiger partial charge is 0.319 e. The summed E-state index contributed by atoms with van der Waals surface area (Å²) in [6.45, 7) is 7.73. The minimum absolute atomic E-state index is 0.151. The second-order valence-electron chi connectivity index (χ2n) is 5.70. The third-order valence-electron chi connectivity index (χ3n) is 2.88. The van der Waals surface area contributed by atoms with Gasteiger partial charge in [0.05, 0.1) is 0 Å². The zero-order valence-corrected chi connectivity index (χ0v) is 11.3. The van der Waals surface area contributed by atoms with Gasteiger partial charge < -0.3 is 16.0 Å². The second-order valence-corrected chi connectivity index (χ2v) is 5.70. The lowest BCUT2D eigenvalue weighted by Crippen LogP contribution is -2.43. The van der Waals surface area contributed by atoms with E-state index >= 15 is 0 Å². The summed E-state index contributed by atoms with van der Waals surface area (Å²) in [6.07, 6.45) is 1.02. The number of anilines is 1. The monoisotopic (exact) mass is 247 g/mol. The topological polar surface area (TPSA) is 53.2 Å². The van der Waals surface area contributed by atoms with E-state index in [1.54, 1.807) is 0 Å². The van der Waals surface area contributed by atoms with E-state index in [2.05, 4.69) is 22.0 Å². The lowest BCUT2D eigenvalue weighted by atomic mass is 9.99. The van der Waals surface area contributed by atoms with Gasteiger partial charge in [-0.1, -0.05) is 12.1 Å². The van der Waals surface area contributed by atoms with Gasteiger partial charge in [0.2, 0.25) is 0 Å². The minimum atomic E-state index is -0.225. The van der Waals surface area contributed by atoms with Gasteiger partial charge in [-0.15, -0.1) is 0 Å². The first kappa shape index (κ1) is 12.9. The number of rotatable bonds is 1. The Morgan fingerprint density at radius 1 is 1.33 bits per heavy atom. The predicted molar refractivity (Wildman–Crippen MR) is 73.8 cm³/mol. The molecule has 0 bridgehead atoms. The largest absolute Gasteiger partial charge is 0.333 e. The fourth-order valence-electron chi connectivity index (χ4n) is 2.13. The van der Waals surface area contributed by atoms with Crippen molar-refractivity contribution >= 4 is 11.7 Å². The fourth-order valence-corrected chi connectivity index (χ4v) is 2.13. The summed E-state index contributed by atoms with van der Waals surface area (Å²) in [4.78, 5) is 11.9. The number of nitrogens with one attached hydrogen (secondary N) is 3. The van der Waals surface area contributed by atoms with E-state index < -0.39 is 0 Å². The van der Waals surface area contributed by atoms with Gasteiger partial charge in [0.25, 0.3) is 0 Å². The van der Waals surface area contributed by atoms with Crippen LogP contribution in [0.5, 0.6) is 0 Å². The summed E-state index contributed by atoms with van der Waals surface area (Å²) in [5.41, 5.74) is 3.20. The van der Waals surface area contributed by atoms with Gasteiger partial charge in [-0.3, -0.25) is 0 Å². The lowest BCUT2D eigenvalue weighted by Gasteiger charge is -2.23. The molecule has 0 saturated heterocycles. The quantitative estimate of drug-likeness (QED) is 0.713. The summed E-state index contributed by atoms with van der Waals surface area (Å²) < 4.78 is 0. The van der Waals surface area contributed by atoms with E-state index in [-0.39, 0.29) is 11.6 Å². The van der Waals surface area contributed by atoms with Gasteiger partial charge in [0, 0.05) is 17.8 Å². The highest BCUT2D eigenvalue weighted by molar-refractivity contribution is 5.90. The van der Waals surface area contributed by atoms with Gasteiger partial charge in [-0.25, -0.2) is 4.79 Å². The van der Waals surface area contributed by atoms with E-state index in [0.717, 1.165) is 25.2 Å². The van der Waals surface area contributed by atoms with Crippen molar-refractivity contribution in [3.63, 3.8) is 0 Å². The van der Waals surface area contributed by atoms with Crippen molar-refractivity contribution in [3.8, 4) is 0 Å². The normalized spacial score (nSPS) is 14.8. The number of carbonyl (C=O) groups excluding carboxylic acids is 1. The van der Waals surface area contributed by atoms with Crippen molar-refractivity contribution in [2.75, 3.05) is 11.9 Å². The molecule has 0 radical (unpaired) electrons. The summed E-state index contributed by atoms with van der Waals surface area (Å²) >= 11 is 0. The highest BCUT2D eigenvalue weighted by Gasteiger charge is 2.17. The van der Waals surface area contributed by atoms with Crippen LogP contribution in [0.1, 0.15) is 31.9 Å². The first-order valence-electron chi connectivity index (χ1n) is 6.36. The van der Waals surface area contributed by atoms with Crippen LogP contribution in [0.4, 0.5) is 10.5 Å². The molecule has 4 heteroatoms. The van der Waals surface area contributed by atoms with Crippen molar-refractivity contribution in [2.45, 2.75) is 39.3 Å².